The maximum absolute atomic E-state index is 5.29. The minimum Gasteiger partial charge on any atom is -0.361 e. The van der Waals surface area contributed by atoms with Crippen LogP contribution in [0.4, 0.5) is 0 Å². The molecular weight excluding hydrogens is 276 g/mol. The van der Waals surface area contributed by atoms with Crippen LogP contribution in [0.15, 0.2) is 54.6 Å². The molecule has 3 heteroatoms. The molecule has 2 nitrogen and oxygen atoms in total. The average molecular weight is 298 g/mol. The van der Waals surface area contributed by atoms with Gasteiger partial charge >= 0.3 is 0 Å². The molecule has 0 aliphatic rings. The van der Waals surface area contributed by atoms with Gasteiger partial charge in [0.05, 0.1) is 6.04 Å². The van der Waals surface area contributed by atoms with Gasteiger partial charge < -0.3 is 10.6 Å². The van der Waals surface area contributed by atoms with Crippen molar-refractivity contribution in [1.29, 1.82) is 0 Å². The zero-order valence-corrected chi connectivity index (χ0v) is 13.6. The second kappa shape index (κ2) is 7.23. The van der Waals surface area contributed by atoms with Crippen LogP contribution in [-0.2, 0) is 0 Å². The van der Waals surface area contributed by atoms with Crippen molar-refractivity contribution in [1.82, 2.24) is 10.6 Å². The van der Waals surface area contributed by atoms with E-state index in [0.717, 1.165) is 0 Å². The Morgan fingerprint density at radius 2 is 1.38 bits per heavy atom. The summed E-state index contributed by atoms with van der Waals surface area (Å²) in [5.41, 5.74) is 3.69. The lowest BCUT2D eigenvalue weighted by molar-refractivity contribution is 0.664. The van der Waals surface area contributed by atoms with Crippen molar-refractivity contribution >= 4 is 17.3 Å². The third-order valence-electron chi connectivity index (χ3n) is 3.29. The monoisotopic (exact) mass is 298 g/mol. The fourth-order valence-corrected chi connectivity index (χ4v) is 2.59. The van der Waals surface area contributed by atoms with Crippen LogP contribution in [0.1, 0.15) is 32.4 Å². The Morgan fingerprint density at radius 1 is 0.810 bits per heavy atom. The van der Waals surface area contributed by atoms with Gasteiger partial charge in [-0.1, -0.05) is 54.6 Å². The van der Waals surface area contributed by atoms with Gasteiger partial charge in [0.15, 0.2) is 5.11 Å². The summed E-state index contributed by atoms with van der Waals surface area (Å²) in [4.78, 5) is 0. The summed E-state index contributed by atoms with van der Waals surface area (Å²) >= 11 is 5.29. The largest absolute Gasteiger partial charge is 0.361 e. The van der Waals surface area contributed by atoms with Crippen LogP contribution < -0.4 is 10.6 Å². The molecule has 0 saturated heterocycles. The van der Waals surface area contributed by atoms with Crippen molar-refractivity contribution in [3.63, 3.8) is 0 Å². The summed E-state index contributed by atoms with van der Waals surface area (Å²) in [6, 6.07) is 19.5. The molecule has 2 N–H and O–H groups in total. The van der Waals surface area contributed by atoms with E-state index in [1.54, 1.807) is 0 Å². The summed E-state index contributed by atoms with van der Waals surface area (Å²) in [6.45, 7) is 6.27. The zero-order valence-electron chi connectivity index (χ0n) is 12.8. The quantitative estimate of drug-likeness (QED) is 0.824. The first-order chi connectivity index (χ1) is 10.1. The predicted octanol–water partition coefficient (Wildman–Crippen LogP) is 4.29. The molecule has 2 rings (SSSR count). The predicted molar refractivity (Wildman–Crippen MR) is 94.3 cm³/mol. The summed E-state index contributed by atoms with van der Waals surface area (Å²) in [7, 11) is 0. The second-order valence-electron chi connectivity index (χ2n) is 5.48. The Hall–Kier alpha value is -1.87. The van der Waals surface area contributed by atoms with E-state index in [1.165, 1.54) is 16.7 Å². The molecule has 2 aromatic rings. The maximum Gasteiger partial charge on any atom is 0.166 e. The molecule has 110 valence electrons. The van der Waals surface area contributed by atoms with Crippen molar-refractivity contribution in [3.05, 3.63) is 60.2 Å². The van der Waals surface area contributed by atoms with Crippen LogP contribution in [0, 0.1) is 0 Å². The van der Waals surface area contributed by atoms with E-state index >= 15 is 0 Å². The normalized spacial score (nSPS) is 12.0. The van der Waals surface area contributed by atoms with Crippen molar-refractivity contribution in [2.45, 2.75) is 32.9 Å². The molecule has 0 amide bonds. The van der Waals surface area contributed by atoms with Gasteiger partial charge in [-0.25, -0.2) is 0 Å². The number of hydrogen-bond acceptors (Lipinski definition) is 1. The van der Waals surface area contributed by atoms with Crippen LogP contribution >= 0.6 is 12.2 Å². The smallest absolute Gasteiger partial charge is 0.166 e. The molecule has 0 saturated carbocycles. The molecule has 21 heavy (non-hydrogen) atoms. The van der Waals surface area contributed by atoms with Gasteiger partial charge in [0.1, 0.15) is 0 Å². The molecule has 2 aromatic carbocycles. The molecule has 0 aliphatic heterocycles. The molecular formula is C18H22N2S. The Labute approximate surface area is 132 Å². The van der Waals surface area contributed by atoms with Crippen molar-refractivity contribution in [2.24, 2.45) is 0 Å². The Balaban J connectivity index is 2.03. The molecule has 0 unspecified atom stereocenters. The number of benzene rings is 2. The van der Waals surface area contributed by atoms with E-state index in [9.17, 15) is 0 Å². The SMILES string of the molecule is CC(C)NC(=S)N[C@H](C)c1ccc(-c2ccccc2)cc1. The van der Waals surface area contributed by atoms with Gasteiger partial charge in [0.2, 0.25) is 0 Å². The van der Waals surface area contributed by atoms with E-state index < -0.39 is 0 Å². The number of hydrogen-bond donors (Lipinski definition) is 2. The molecule has 0 heterocycles. The lowest BCUT2D eigenvalue weighted by Gasteiger charge is -2.19. The third-order valence-corrected chi connectivity index (χ3v) is 3.52. The number of nitrogens with one attached hydrogen (secondary N) is 2. The summed E-state index contributed by atoms with van der Waals surface area (Å²) < 4.78 is 0. The Kier molecular flexibility index (Phi) is 5.34. The summed E-state index contributed by atoms with van der Waals surface area (Å²) in [5.74, 6) is 0. The van der Waals surface area contributed by atoms with Gasteiger partial charge in [0, 0.05) is 6.04 Å². The highest BCUT2D eigenvalue weighted by Gasteiger charge is 2.07. The molecule has 0 radical (unpaired) electrons. The van der Waals surface area contributed by atoms with E-state index in [-0.39, 0.29) is 6.04 Å². The summed E-state index contributed by atoms with van der Waals surface area (Å²) in [5, 5.41) is 7.21. The second-order valence-corrected chi connectivity index (χ2v) is 5.89. The van der Waals surface area contributed by atoms with Crippen LogP contribution in [-0.4, -0.2) is 11.2 Å². The van der Waals surface area contributed by atoms with E-state index in [4.69, 9.17) is 12.2 Å². The van der Waals surface area contributed by atoms with Gasteiger partial charge in [-0.15, -0.1) is 0 Å². The van der Waals surface area contributed by atoms with Crippen LogP contribution in [0.3, 0.4) is 0 Å². The highest BCUT2D eigenvalue weighted by Crippen LogP contribution is 2.21. The topological polar surface area (TPSA) is 24.1 Å². The molecule has 0 aromatic heterocycles. The van der Waals surface area contributed by atoms with Gasteiger partial charge in [-0.2, -0.15) is 0 Å². The van der Waals surface area contributed by atoms with Crippen LogP contribution in [0.25, 0.3) is 11.1 Å². The van der Waals surface area contributed by atoms with Gasteiger partial charge in [-0.3, -0.25) is 0 Å². The lowest BCUT2D eigenvalue weighted by Crippen LogP contribution is -2.40. The molecule has 0 spiro atoms. The Morgan fingerprint density at radius 3 is 1.95 bits per heavy atom. The summed E-state index contributed by atoms with van der Waals surface area (Å²) in [6.07, 6.45) is 0. The van der Waals surface area contributed by atoms with Crippen molar-refractivity contribution in [2.75, 3.05) is 0 Å². The highest BCUT2D eigenvalue weighted by molar-refractivity contribution is 7.80. The van der Waals surface area contributed by atoms with Crippen molar-refractivity contribution < 1.29 is 0 Å². The first-order valence-corrected chi connectivity index (χ1v) is 7.69. The average Bonchev–Trinajstić information content (AvgIpc) is 2.47. The minimum absolute atomic E-state index is 0.188. The lowest BCUT2D eigenvalue weighted by atomic mass is 10.0. The van der Waals surface area contributed by atoms with E-state index in [0.29, 0.717) is 11.2 Å². The molecule has 0 bridgehead atoms. The first-order valence-electron chi connectivity index (χ1n) is 7.28. The minimum atomic E-state index is 0.188. The van der Waals surface area contributed by atoms with Crippen LogP contribution in [0.5, 0.6) is 0 Å². The molecule has 0 aliphatic carbocycles. The molecule has 0 fully saturated rings. The van der Waals surface area contributed by atoms with E-state index in [1.807, 2.05) is 6.07 Å². The molecule has 1 atom stereocenters. The number of thiocarbonyl (C=S) groups is 1. The maximum atomic E-state index is 5.29. The third kappa shape index (κ3) is 4.57. The van der Waals surface area contributed by atoms with Gasteiger partial charge in [0.25, 0.3) is 0 Å². The van der Waals surface area contributed by atoms with E-state index in [2.05, 4.69) is 79.9 Å². The number of rotatable bonds is 4. The standard InChI is InChI=1S/C18H22N2S/c1-13(2)19-18(21)20-14(3)15-9-11-17(12-10-15)16-7-5-4-6-8-16/h4-14H,1-3H3,(H2,19,20,21)/t14-/m1/s1. The fourth-order valence-electron chi connectivity index (χ4n) is 2.18. The fraction of sp³-hybridized carbons (Fsp3) is 0.278. The van der Waals surface area contributed by atoms with Crippen molar-refractivity contribution in [3.8, 4) is 11.1 Å². The van der Waals surface area contributed by atoms with Gasteiger partial charge in [-0.05, 0) is 49.7 Å². The Bertz CT molecular complexity index is 576. The first kappa shape index (κ1) is 15.5. The highest BCUT2D eigenvalue weighted by atomic mass is 32.1. The zero-order chi connectivity index (χ0) is 15.2. The van der Waals surface area contributed by atoms with Crippen LogP contribution in [0.2, 0.25) is 0 Å².